The van der Waals surface area contributed by atoms with Crippen LogP contribution < -0.4 is 5.32 Å². The average molecular weight is 292 g/mol. The van der Waals surface area contributed by atoms with Crippen LogP contribution in [0.3, 0.4) is 0 Å². The van der Waals surface area contributed by atoms with Crippen molar-refractivity contribution in [2.75, 3.05) is 5.32 Å². The molecule has 4 heteroatoms. The summed E-state index contributed by atoms with van der Waals surface area (Å²) in [4.78, 5) is 15.7. The van der Waals surface area contributed by atoms with Gasteiger partial charge < -0.3 is 9.73 Å². The molecule has 0 aliphatic rings. The minimum atomic E-state index is 0.313. The number of nitrogens with one attached hydrogen (secondary N) is 1. The number of carbonyl (C=O) groups is 1. The number of benzene rings is 2. The van der Waals surface area contributed by atoms with Crippen LogP contribution >= 0.6 is 0 Å². The Balaban J connectivity index is 1.91. The summed E-state index contributed by atoms with van der Waals surface area (Å²) >= 11 is 0. The fraction of sp³-hybridized carbons (Fsp3) is 0.111. The van der Waals surface area contributed by atoms with Crippen LogP contribution in [0.1, 0.15) is 17.0 Å². The molecule has 0 saturated carbocycles. The molecule has 0 amide bonds. The highest BCUT2D eigenvalue weighted by Crippen LogP contribution is 2.21. The van der Waals surface area contributed by atoms with Crippen LogP contribution in [0.2, 0.25) is 0 Å². The molecule has 1 N–H and O–H groups in total. The van der Waals surface area contributed by atoms with Crippen LogP contribution in [0.15, 0.2) is 53.1 Å². The number of fused-ring (bicyclic) bond motifs is 1. The summed E-state index contributed by atoms with van der Waals surface area (Å²) in [6.07, 6.45) is 2.36. The van der Waals surface area contributed by atoms with Crippen molar-refractivity contribution in [2.45, 2.75) is 13.8 Å². The maximum Gasteiger partial charge on any atom is 0.232 e. The summed E-state index contributed by atoms with van der Waals surface area (Å²) in [5.41, 5.74) is 5.02. The van der Waals surface area contributed by atoms with Gasteiger partial charge in [-0.05, 0) is 37.6 Å². The van der Waals surface area contributed by atoms with Gasteiger partial charge in [0.1, 0.15) is 5.52 Å². The van der Waals surface area contributed by atoms with Crippen LogP contribution in [0, 0.1) is 13.8 Å². The minimum Gasteiger partial charge on any atom is -0.436 e. The monoisotopic (exact) mass is 292 g/mol. The van der Waals surface area contributed by atoms with E-state index in [4.69, 9.17) is 4.42 Å². The first-order valence-corrected chi connectivity index (χ1v) is 7.02. The van der Waals surface area contributed by atoms with Gasteiger partial charge in [-0.1, -0.05) is 29.8 Å². The minimum absolute atomic E-state index is 0.313. The van der Waals surface area contributed by atoms with Crippen LogP contribution in [0.25, 0.3) is 16.7 Å². The number of hydrogen-bond acceptors (Lipinski definition) is 4. The molecule has 0 spiro atoms. The molecule has 0 aliphatic carbocycles. The van der Waals surface area contributed by atoms with Gasteiger partial charge in [0, 0.05) is 11.9 Å². The number of carbonyl (C=O) groups excluding carboxylic acids is 1. The standard InChI is InChI=1S/C18H16N2O2/c1-12-7-8-15(13(2)9-12)19-10-14(11-21)18-20-16-5-3-4-6-17(16)22-18/h3-11,19H,1-2H3. The number of hydrogen-bond donors (Lipinski definition) is 1. The molecule has 1 aromatic heterocycles. The van der Waals surface area contributed by atoms with E-state index in [0.29, 0.717) is 17.0 Å². The molecule has 0 aliphatic heterocycles. The molecule has 0 radical (unpaired) electrons. The highest BCUT2D eigenvalue weighted by molar-refractivity contribution is 6.06. The number of anilines is 1. The molecule has 110 valence electrons. The van der Waals surface area contributed by atoms with Crippen molar-refractivity contribution in [3.05, 3.63) is 65.7 Å². The first-order chi connectivity index (χ1) is 10.7. The average Bonchev–Trinajstić information content (AvgIpc) is 2.93. The number of para-hydroxylation sites is 2. The van der Waals surface area contributed by atoms with E-state index >= 15 is 0 Å². The Bertz CT molecular complexity index is 829. The van der Waals surface area contributed by atoms with Gasteiger partial charge in [-0.2, -0.15) is 0 Å². The maximum atomic E-state index is 11.3. The Labute approximate surface area is 128 Å². The molecular formula is C18H16N2O2. The molecule has 1 heterocycles. The lowest BCUT2D eigenvalue weighted by atomic mass is 10.1. The van der Waals surface area contributed by atoms with Gasteiger partial charge in [0.2, 0.25) is 5.89 Å². The van der Waals surface area contributed by atoms with E-state index in [9.17, 15) is 4.79 Å². The summed E-state index contributed by atoms with van der Waals surface area (Å²) in [6, 6.07) is 13.5. The van der Waals surface area contributed by atoms with Crippen molar-refractivity contribution < 1.29 is 9.21 Å². The first kappa shape index (κ1) is 14.1. The van der Waals surface area contributed by atoms with Crippen molar-refractivity contribution >= 4 is 28.6 Å². The number of oxazole rings is 1. The van der Waals surface area contributed by atoms with Crippen molar-refractivity contribution in [1.82, 2.24) is 4.98 Å². The molecule has 22 heavy (non-hydrogen) atoms. The van der Waals surface area contributed by atoms with Crippen LogP contribution in [0.5, 0.6) is 0 Å². The number of nitrogens with zero attached hydrogens (tertiary/aromatic N) is 1. The summed E-state index contributed by atoms with van der Waals surface area (Å²) in [6.45, 7) is 4.06. The molecule has 3 aromatic rings. The zero-order valence-electron chi connectivity index (χ0n) is 12.5. The van der Waals surface area contributed by atoms with Crippen molar-refractivity contribution in [3.8, 4) is 0 Å². The van der Waals surface area contributed by atoms with E-state index in [2.05, 4.69) is 16.4 Å². The lowest BCUT2D eigenvalue weighted by molar-refractivity contribution is -0.103. The molecular weight excluding hydrogens is 276 g/mol. The second-order valence-electron chi connectivity index (χ2n) is 5.17. The van der Waals surface area contributed by atoms with Crippen LogP contribution in [-0.4, -0.2) is 11.3 Å². The molecule has 0 fully saturated rings. The Hall–Kier alpha value is -2.88. The van der Waals surface area contributed by atoms with Gasteiger partial charge in [0.05, 0.1) is 5.57 Å². The smallest absolute Gasteiger partial charge is 0.232 e. The number of aldehydes is 1. The van der Waals surface area contributed by atoms with E-state index in [-0.39, 0.29) is 0 Å². The third-order valence-electron chi connectivity index (χ3n) is 3.43. The number of aryl methyl sites for hydroxylation is 2. The molecule has 0 unspecified atom stereocenters. The molecule has 0 saturated heterocycles. The molecule has 2 aromatic carbocycles. The van der Waals surface area contributed by atoms with Crippen molar-refractivity contribution in [1.29, 1.82) is 0 Å². The van der Waals surface area contributed by atoms with Crippen LogP contribution in [-0.2, 0) is 4.79 Å². The Kier molecular flexibility index (Phi) is 3.74. The summed E-state index contributed by atoms with van der Waals surface area (Å²) in [5, 5.41) is 3.14. The highest BCUT2D eigenvalue weighted by Gasteiger charge is 2.10. The van der Waals surface area contributed by atoms with Gasteiger partial charge in [-0.3, -0.25) is 4.79 Å². The van der Waals surface area contributed by atoms with Gasteiger partial charge in [-0.25, -0.2) is 4.98 Å². The zero-order valence-corrected chi connectivity index (χ0v) is 12.5. The number of allylic oxidation sites excluding steroid dienone is 1. The third kappa shape index (κ3) is 2.76. The molecule has 0 bridgehead atoms. The summed E-state index contributed by atoms with van der Waals surface area (Å²) in [5.74, 6) is 0.313. The predicted octanol–water partition coefficient (Wildman–Crippen LogP) is 4.10. The summed E-state index contributed by atoms with van der Waals surface area (Å²) < 4.78 is 5.61. The highest BCUT2D eigenvalue weighted by atomic mass is 16.3. The summed E-state index contributed by atoms with van der Waals surface area (Å²) in [7, 11) is 0. The second kappa shape index (κ2) is 5.85. The Morgan fingerprint density at radius 1 is 1.18 bits per heavy atom. The predicted molar refractivity (Wildman–Crippen MR) is 87.6 cm³/mol. The van der Waals surface area contributed by atoms with Gasteiger partial charge in [0.15, 0.2) is 11.9 Å². The third-order valence-corrected chi connectivity index (χ3v) is 3.43. The first-order valence-electron chi connectivity index (χ1n) is 7.02. The zero-order chi connectivity index (χ0) is 15.5. The van der Waals surface area contributed by atoms with Crippen molar-refractivity contribution in [3.63, 3.8) is 0 Å². The van der Waals surface area contributed by atoms with E-state index in [0.717, 1.165) is 23.1 Å². The number of rotatable bonds is 4. The SMILES string of the molecule is Cc1ccc(NC=C(C=O)c2nc3ccccc3o2)c(C)c1. The lowest BCUT2D eigenvalue weighted by Gasteiger charge is -2.06. The Morgan fingerprint density at radius 2 is 2.00 bits per heavy atom. The molecule has 0 atom stereocenters. The van der Waals surface area contributed by atoms with E-state index in [1.54, 1.807) is 6.20 Å². The quantitative estimate of drug-likeness (QED) is 0.581. The fourth-order valence-electron chi connectivity index (χ4n) is 2.27. The molecule has 3 rings (SSSR count). The molecule has 4 nitrogen and oxygen atoms in total. The lowest BCUT2D eigenvalue weighted by Crippen LogP contribution is -1.95. The van der Waals surface area contributed by atoms with Crippen LogP contribution in [0.4, 0.5) is 5.69 Å². The van der Waals surface area contributed by atoms with Gasteiger partial charge in [0.25, 0.3) is 0 Å². The van der Waals surface area contributed by atoms with Gasteiger partial charge in [-0.15, -0.1) is 0 Å². The number of aromatic nitrogens is 1. The topological polar surface area (TPSA) is 55.1 Å². The fourth-order valence-corrected chi connectivity index (χ4v) is 2.27. The van der Waals surface area contributed by atoms with Gasteiger partial charge >= 0.3 is 0 Å². The second-order valence-corrected chi connectivity index (χ2v) is 5.17. The van der Waals surface area contributed by atoms with E-state index in [1.165, 1.54) is 5.56 Å². The Morgan fingerprint density at radius 3 is 2.73 bits per heavy atom. The van der Waals surface area contributed by atoms with E-state index < -0.39 is 0 Å². The maximum absolute atomic E-state index is 11.3. The normalized spacial score (nSPS) is 11.6. The largest absolute Gasteiger partial charge is 0.436 e. The van der Waals surface area contributed by atoms with Crippen molar-refractivity contribution in [2.24, 2.45) is 0 Å². The van der Waals surface area contributed by atoms with E-state index in [1.807, 2.05) is 50.2 Å².